The fourth-order valence-electron chi connectivity index (χ4n) is 2.56. The number of nitrogens with zero attached hydrogens (tertiary/aromatic N) is 2. The lowest BCUT2D eigenvalue weighted by molar-refractivity contribution is -0.137. The van der Waals surface area contributed by atoms with Crippen LogP contribution in [0.15, 0.2) is 53.9 Å². The average Bonchev–Trinajstić information content (AvgIpc) is 3.11. The van der Waals surface area contributed by atoms with Crippen molar-refractivity contribution in [3.63, 3.8) is 0 Å². The quantitative estimate of drug-likeness (QED) is 0.546. The zero-order chi connectivity index (χ0) is 20.3. The Balaban J connectivity index is 1.63. The van der Waals surface area contributed by atoms with Crippen molar-refractivity contribution in [2.24, 2.45) is 0 Å². The lowest BCUT2D eigenvalue weighted by atomic mass is 10.1. The van der Waals surface area contributed by atoms with Crippen LogP contribution in [0.2, 0.25) is 0 Å². The number of rotatable bonds is 5. The van der Waals surface area contributed by atoms with Gasteiger partial charge in [-0.15, -0.1) is 11.3 Å². The first-order chi connectivity index (χ1) is 13.2. The summed E-state index contributed by atoms with van der Waals surface area (Å²) < 4.78 is 50.9. The summed E-state index contributed by atoms with van der Waals surface area (Å²) in [6.07, 6.45) is -4.30. The van der Waals surface area contributed by atoms with E-state index in [0.29, 0.717) is 22.8 Å². The molecule has 0 spiro atoms. The number of carbonyl (C=O) groups is 1. The highest BCUT2D eigenvalue weighted by molar-refractivity contribution is 7.13. The second-order valence-electron chi connectivity index (χ2n) is 6.27. The third-order valence-corrected chi connectivity index (χ3v) is 5.04. The van der Waals surface area contributed by atoms with E-state index in [1.54, 1.807) is 24.6 Å². The van der Waals surface area contributed by atoms with Gasteiger partial charge < -0.3 is 4.90 Å². The van der Waals surface area contributed by atoms with E-state index in [1.807, 2.05) is 0 Å². The number of hydrogen-bond donors (Lipinski definition) is 0. The van der Waals surface area contributed by atoms with Crippen LogP contribution < -0.4 is 0 Å². The van der Waals surface area contributed by atoms with E-state index in [-0.39, 0.29) is 18.1 Å². The van der Waals surface area contributed by atoms with Gasteiger partial charge in [-0.1, -0.05) is 24.3 Å². The average molecular weight is 408 g/mol. The highest BCUT2D eigenvalue weighted by Gasteiger charge is 2.30. The summed E-state index contributed by atoms with van der Waals surface area (Å²) in [5, 5.41) is 2.27. The third kappa shape index (κ3) is 4.95. The second-order valence-corrected chi connectivity index (χ2v) is 7.13. The van der Waals surface area contributed by atoms with Crippen LogP contribution >= 0.6 is 11.3 Å². The van der Waals surface area contributed by atoms with Gasteiger partial charge in [-0.05, 0) is 29.8 Å². The molecule has 2 aromatic carbocycles. The molecule has 1 heterocycles. The van der Waals surface area contributed by atoms with Crippen molar-refractivity contribution in [3.8, 4) is 10.6 Å². The van der Waals surface area contributed by atoms with Gasteiger partial charge in [-0.25, -0.2) is 9.37 Å². The summed E-state index contributed by atoms with van der Waals surface area (Å²) in [7, 11) is 1.65. The molecule has 8 heteroatoms. The molecular formula is C20H16F4N2OS. The topological polar surface area (TPSA) is 33.2 Å². The van der Waals surface area contributed by atoms with Gasteiger partial charge in [0.1, 0.15) is 10.8 Å². The second kappa shape index (κ2) is 8.10. The molecule has 3 aromatic rings. The van der Waals surface area contributed by atoms with Crippen LogP contribution in [-0.2, 0) is 23.9 Å². The van der Waals surface area contributed by atoms with E-state index in [4.69, 9.17) is 0 Å². The normalized spacial score (nSPS) is 11.5. The number of aromatic nitrogens is 1. The minimum absolute atomic E-state index is 0.0782. The maximum Gasteiger partial charge on any atom is 0.416 e. The number of alkyl halides is 3. The molecule has 0 aliphatic rings. The molecule has 3 rings (SSSR count). The molecule has 0 atom stereocenters. The van der Waals surface area contributed by atoms with Crippen molar-refractivity contribution < 1.29 is 22.4 Å². The maximum absolute atomic E-state index is 12.9. The Morgan fingerprint density at radius 1 is 1.07 bits per heavy atom. The van der Waals surface area contributed by atoms with Gasteiger partial charge in [0.15, 0.2) is 0 Å². The van der Waals surface area contributed by atoms with Crippen molar-refractivity contribution in [3.05, 3.63) is 76.5 Å². The van der Waals surface area contributed by atoms with Gasteiger partial charge in [0.05, 0.1) is 17.7 Å². The summed E-state index contributed by atoms with van der Waals surface area (Å²) in [5.74, 6) is -0.496. The molecule has 0 fully saturated rings. The van der Waals surface area contributed by atoms with Gasteiger partial charge in [0, 0.05) is 24.5 Å². The van der Waals surface area contributed by atoms with Crippen LogP contribution in [0.4, 0.5) is 17.6 Å². The van der Waals surface area contributed by atoms with Crippen molar-refractivity contribution in [2.75, 3.05) is 7.05 Å². The van der Waals surface area contributed by atoms with Gasteiger partial charge in [-0.2, -0.15) is 13.2 Å². The van der Waals surface area contributed by atoms with Crippen LogP contribution in [0.3, 0.4) is 0 Å². The molecule has 0 aliphatic carbocycles. The van der Waals surface area contributed by atoms with E-state index in [1.165, 1.54) is 40.5 Å². The Bertz CT molecular complexity index is 950. The van der Waals surface area contributed by atoms with Crippen molar-refractivity contribution in [1.29, 1.82) is 0 Å². The molecule has 0 aliphatic heterocycles. The number of carbonyl (C=O) groups excluding carboxylic acids is 1. The van der Waals surface area contributed by atoms with E-state index >= 15 is 0 Å². The molecule has 146 valence electrons. The lowest BCUT2D eigenvalue weighted by Gasteiger charge is -2.16. The van der Waals surface area contributed by atoms with E-state index in [0.717, 1.165) is 17.7 Å². The van der Waals surface area contributed by atoms with Gasteiger partial charge in [0.2, 0.25) is 5.91 Å². The largest absolute Gasteiger partial charge is 0.416 e. The molecule has 3 nitrogen and oxygen atoms in total. The molecule has 0 bridgehead atoms. The third-order valence-electron chi connectivity index (χ3n) is 4.10. The van der Waals surface area contributed by atoms with E-state index in [9.17, 15) is 22.4 Å². The van der Waals surface area contributed by atoms with Gasteiger partial charge in [-0.3, -0.25) is 4.79 Å². The van der Waals surface area contributed by atoms with Crippen LogP contribution in [-0.4, -0.2) is 22.8 Å². The maximum atomic E-state index is 12.9. The smallest absolute Gasteiger partial charge is 0.341 e. The number of likely N-dealkylation sites (N-methyl/N-ethyl adjacent to an activating group) is 1. The SMILES string of the molecule is CN(Cc1ccc(F)cc1)C(=O)Cc1csc(-c2ccc(C(F)(F)F)cc2)n1. The fraction of sp³-hybridized carbons (Fsp3) is 0.200. The highest BCUT2D eigenvalue weighted by atomic mass is 32.1. The summed E-state index contributed by atoms with van der Waals surface area (Å²) in [6, 6.07) is 10.7. The number of thiazole rings is 1. The molecule has 0 radical (unpaired) electrons. The Morgan fingerprint density at radius 3 is 2.32 bits per heavy atom. The number of amides is 1. The predicted molar refractivity (Wildman–Crippen MR) is 99.1 cm³/mol. The van der Waals surface area contributed by atoms with Crippen LogP contribution in [0.1, 0.15) is 16.8 Å². The number of benzene rings is 2. The molecule has 0 unspecified atom stereocenters. The number of hydrogen-bond acceptors (Lipinski definition) is 3. The lowest BCUT2D eigenvalue weighted by Crippen LogP contribution is -2.27. The summed E-state index contributed by atoms with van der Waals surface area (Å²) in [4.78, 5) is 18.2. The Hall–Kier alpha value is -2.74. The Kier molecular flexibility index (Phi) is 5.79. The van der Waals surface area contributed by atoms with Crippen LogP contribution in [0.25, 0.3) is 10.6 Å². The van der Waals surface area contributed by atoms with E-state index in [2.05, 4.69) is 4.98 Å². The molecule has 28 heavy (non-hydrogen) atoms. The minimum atomic E-state index is -4.38. The number of halogens is 4. The van der Waals surface area contributed by atoms with Crippen molar-refractivity contribution in [1.82, 2.24) is 9.88 Å². The molecule has 0 saturated heterocycles. The standard InChI is InChI=1S/C20H16F4N2OS/c1-26(11-13-2-8-16(21)9-3-13)18(27)10-17-12-28-19(25-17)14-4-6-15(7-5-14)20(22,23)24/h2-9,12H,10-11H2,1H3. The predicted octanol–water partition coefficient (Wildman–Crippen LogP) is 5.17. The van der Waals surface area contributed by atoms with Gasteiger partial charge in [0.25, 0.3) is 0 Å². The molecule has 1 amide bonds. The highest BCUT2D eigenvalue weighted by Crippen LogP contribution is 2.31. The van der Waals surface area contributed by atoms with Crippen LogP contribution in [0.5, 0.6) is 0 Å². The van der Waals surface area contributed by atoms with Crippen molar-refractivity contribution >= 4 is 17.2 Å². The molecular weight excluding hydrogens is 392 g/mol. The Morgan fingerprint density at radius 2 is 1.71 bits per heavy atom. The zero-order valence-corrected chi connectivity index (χ0v) is 15.6. The monoisotopic (exact) mass is 408 g/mol. The fourth-order valence-corrected chi connectivity index (χ4v) is 3.39. The minimum Gasteiger partial charge on any atom is -0.341 e. The first kappa shape index (κ1) is 20.0. The summed E-state index contributed by atoms with van der Waals surface area (Å²) in [5.41, 5.74) is 1.21. The molecule has 0 saturated carbocycles. The Labute approximate surface area is 163 Å². The van der Waals surface area contributed by atoms with Gasteiger partial charge >= 0.3 is 6.18 Å². The summed E-state index contributed by atoms with van der Waals surface area (Å²) in [6.45, 7) is 0.342. The van der Waals surface area contributed by atoms with Crippen molar-refractivity contribution in [2.45, 2.75) is 19.1 Å². The molecule has 1 aromatic heterocycles. The zero-order valence-electron chi connectivity index (χ0n) is 14.8. The van der Waals surface area contributed by atoms with E-state index < -0.39 is 11.7 Å². The molecule has 0 N–H and O–H groups in total. The van der Waals surface area contributed by atoms with Crippen LogP contribution in [0, 0.1) is 5.82 Å². The first-order valence-corrected chi connectivity index (χ1v) is 9.21. The first-order valence-electron chi connectivity index (χ1n) is 8.33. The summed E-state index contributed by atoms with van der Waals surface area (Å²) >= 11 is 1.27.